The van der Waals surface area contributed by atoms with Crippen molar-refractivity contribution in [3.63, 3.8) is 0 Å². The molecule has 0 aliphatic heterocycles. The SMILES string of the molecule is Pc1ccccccccc1. The largest absolute Gasteiger partial charge is 0.106 e. The minimum atomic E-state index is 1.18. The van der Waals surface area contributed by atoms with Gasteiger partial charge < -0.3 is 0 Å². The van der Waals surface area contributed by atoms with Gasteiger partial charge in [-0.2, -0.15) is 0 Å². The Bertz CT molecular complexity index is 242. The molecular weight excluding hydrogens is 151 g/mol. The molecule has 1 heteroatoms. The second-order valence-electron chi connectivity index (χ2n) is 2.18. The van der Waals surface area contributed by atoms with Crippen LogP contribution in [0.1, 0.15) is 0 Å². The maximum Gasteiger partial charge on any atom is -0.0303 e. The van der Waals surface area contributed by atoms with Gasteiger partial charge in [-0.15, -0.1) is 9.24 Å². The van der Waals surface area contributed by atoms with Crippen molar-refractivity contribution < 1.29 is 0 Å². The molecule has 0 nitrogen and oxygen atoms in total. The van der Waals surface area contributed by atoms with E-state index in [1.165, 1.54) is 5.30 Å². The van der Waals surface area contributed by atoms with Crippen LogP contribution in [-0.2, 0) is 0 Å². The van der Waals surface area contributed by atoms with E-state index < -0.39 is 0 Å². The zero-order chi connectivity index (χ0) is 7.94. The van der Waals surface area contributed by atoms with Crippen molar-refractivity contribution in [1.29, 1.82) is 0 Å². The van der Waals surface area contributed by atoms with Crippen LogP contribution in [0.25, 0.3) is 0 Å². The molecule has 0 aliphatic rings. The summed E-state index contributed by atoms with van der Waals surface area (Å²) in [5.74, 6) is 0. The molecule has 1 aromatic rings. The maximum atomic E-state index is 2.67. The van der Waals surface area contributed by atoms with Crippen molar-refractivity contribution >= 4 is 14.5 Å². The lowest BCUT2D eigenvalue weighted by molar-refractivity contribution is 1.75. The Morgan fingerprint density at radius 1 is 0.636 bits per heavy atom. The van der Waals surface area contributed by atoms with E-state index in [9.17, 15) is 0 Å². The molecule has 1 aromatic carbocycles. The molecule has 0 amide bonds. The fraction of sp³-hybridized carbons (Fsp3) is 0. The summed E-state index contributed by atoms with van der Waals surface area (Å²) in [5.41, 5.74) is 0. The second kappa shape index (κ2) is 4.87. The highest BCUT2D eigenvalue weighted by molar-refractivity contribution is 7.27. The molecule has 0 N–H and O–H groups in total. The van der Waals surface area contributed by atoms with E-state index in [1.54, 1.807) is 0 Å². The Balaban J connectivity index is 3.11. The summed E-state index contributed by atoms with van der Waals surface area (Å²) in [6.07, 6.45) is 0. The highest BCUT2D eigenvalue weighted by Crippen LogP contribution is 1.84. The van der Waals surface area contributed by atoms with Crippen LogP contribution in [0.3, 0.4) is 0 Å². The van der Waals surface area contributed by atoms with Crippen LogP contribution >= 0.6 is 9.24 Å². The molecule has 0 saturated heterocycles. The minimum Gasteiger partial charge on any atom is -0.106 e. The van der Waals surface area contributed by atoms with Gasteiger partial charge in [0.2, 0.25) is 0 Å². The first-order valence-corrected chi connectivity index (χ1v) is 4.11. The van der Waals surface area contributed by atoms with Gasteiger partial charge in [-0.1, -0.05) is 54.6 Å². The summed E-state index contributed by atoms with van der Waals surface area (Å²) in [7, 11) is 2.67. The molecule has 0 spiro atoms. The third-order valence-electron chi connectivity index (χ3n) is 1.24. The molecule has 1 rings (SSSR count). The normalized spacial score (nSPS) is 8.45. The Labute approximate surface area is 69.8 Å². The summed E-state index contributed by atoms with van der Waals surface area (Å²) in [6.45, 7) is 0. The molecule has 0 radical (unpaired) electrons. The first-order chi connectivity index (χ1) is 5.39. The Morgan fingerprint density at radius 3 is 1.45 bits per heavy atom. The lowest BCUT2D eigenvalue weighted by Crippen LogP contribution is -1.80. The van der Waals surface area contributed by atoms with Crippen LogP contribution in [0, 0.1) is 0 Å². The minimum absolute atomic E-state index is 1.18. The molecule has 0 heterocycles. The van der Waals surface area contributed by atoms with Crippen molar-refractivity contribution in [3.8, 4) is 0 Å². The predicted octanol–water partition coefficient (Wildman–Crippen LogP) is 2.31. The van der Waals surface area contributed by atoms with Gasteiger partial charge >= 0.3 is 0 Å². The molecule has 56 valence electrons. The molecule has 0 aromatic heterocycles. The molecule has 0 bridgehead atoms. The van der Waals surface area contributed by atoms with Gasteiger partial charge in [0.15, 0.2) is 0 Å². The van der Waals surface area contributed by atoms with E-state index in [1.807, 2.05) is 54.6 Å². The predicted molar refractivity (Wildman–Crippen MR) is 53.4 cm³/mol. The van der Waals surface area contributed by atoms with Crippen LogP contribution in [0.4, 0.5) is 0 Å². The quantitative estimate of drug-likeness (QED) is 0.513. The first-order valence-electron chi connectivity index (χ1n) is 3.53. The van der Waals surface area contributed by atoms with Crippen molar-refractivity contribution in [2.24, 2.45) is 0 Å². The first kappa shape index (κ1) is 8.23. The standard InChI is InChI=1S/C10H11P/c11-10-8-6-4-2-1-3-5-7-9-10/h1-9H,11H2. The van der Waals surface area contributed by atoms with E-state index in [4.69, 9.17) is 0 Å². The fourth-order valence-electron chi connectivity index (χ4n) is 0.710. The molecule has 0 saturated carbocycles. The van der Waals surface area contributed by atoms with Crippen molar-refractivity contribution in [2.45, 2.75) is 0 Å². The van der Waals surface area contributed by atoms with Gasteiger partial charge in [0.1, 0.15) is 0 Å². The second-order valence-corrected chi connectivity index (χ2v) is 2.85. The van der Waals surface area contributed by atoms with Gasteiger partial charge in [-0.3, -0.25) is 0 Å². The molecule has 0 fully saturated rings. The molecule has 1 unspecified atom stereocenters. The van der Waals surface area contributed by atoms with E-state index >= 15 is 0 Å². The van der Waals surface area contributed by atoms with E-state index in [2.05, 4.69) is 9.24 Å². The van der Waals surface area contributed by atoms with Crippen molar-refractivity contribution in [1.82, 2.24) is 0 Å². The monoisotopic (exact) mass is 162 g/mol. The number of hydrogen-bond acceptors (Lipinski definition) is 0. The Morgan fingerprint density at radius 2 is 1.00 bits per heavy atom. The summed E-state index contributed by atoms with van der Waals surface area (Å²) < 4.78 is 0. The summed E-state index contributed by atoms with van der Waals surface area (Å²) >= 11 is 0. The molecule has 1 atom stereocenters. The zero-order valence-electron chi connectivity index (χ0n) is 6.27. The average Bonchev–Trinajstić information content (AvgIpc) is 2.03. The van der Waals surface area contributed by atoms with Crippen LogP contribution in [0.15, 0.2) is 54.6 Å². The fourth-order valence-corrected chi connectivity index (χ4v) is 0.932. The average molecular weight is 162 g/mol. The summed E-state index contributed by atoms with van der Waals surface area (Å²) in [4.78, 5) is 0. The Hall–Kier alpha value is -0.870. The van der Waals surface area contributed by atoms with E-state index in [0.717, 1.165) is 0 Å². The van der Waals surface area contributed by atoms with E-state index in [0.29, 0.717) is 0 Å². The highest BCUT2D eigenvalue weighted by Gasteiger charge is 1.69. The van der Waals surface area contributed by atoms with Gasteiger partial charge in [0.05, 0.1) is 0 Å². The summed E-state index contributed by atoms with van der Waals surface area (Å²) in [6, 6.07) is 18.2. The highest BCUT2D eigenvalue weighted by atomic mass is 31.0. The van der Waals surface area contributed by atoms with Crippen LogP contribution in [0.5, 0.6) is 0 Å². The van der Waals surface area contributed by atoms with Crippen LogP contribution in [0.2, 0.25) is 0 Å². The van der Waals surface area contributed by atoms with E-state index in [-0.39, 0.29) is 0 Å². The van der Waals surface area contributed by atoms with Crippen molar-refractivity contribution in [2.75, 3.05) is 0 Å². The van der Waals surface area contributed by atoms with Crippen LogP contribution < -0.4 is 5.30 Å². The third kappa shape index (κ3) is 3.75. The zero-order valence-corrected chi connectivity index (χ0v) is 7.43. The smallest absolute Gasteiger partial charge is 0.0303 e. The lowest BCUT2D eigenvalue weighted by atomic mass is 10.4. The van der Waals surface area contributed by atoms with Gasteiger partial charge in [0.25, 0.3) is 0 Å². The van der Waals surface area contributed by atoms with Crippen molar-refractivity contribution in [3.05, 3.63) is 54.6 Å². The number of hydrogen-bond donors (Lipinski definition) is 0. The van der Waals surface area contributed by atoms with Gasteiger partial charge in [0, 0.05) is 0 Å². The Kier molecular flexibility index (Phi) is 3.64. The molecular formula is C10H11P. The molecule has 0 aliphatic carbocycles. The van der Waals surface area contributed by atoms with Gasteiger partial charge in [-0.25, -0.2) is 0 Å². The third-order valence-corrected chi connectivity index (χ3v) is 1.63. The van der Waals surface area contributed by atoms with Crippen LogP contribution in [-0.4, -0.2) is 0 Å². The van der Waals surface area contributed by atoms with Gasteiger partial charge in [-0.05, 0) is 5.30 Å². The topological polar surface area (TPSA) is 0 Å². The summed E-state index contributed by atoms with van der Waals surface area (Å²) in [5, 5.41) is 1.18. The number of rotatable bonds is 0. The molecule has 11 heavy (non-hydrogen) atoms. The lowest BCUT2D eigenvalue weighted by Gasteiger charge is -1.80. The maximum absolute atomic E-state index is 2.67.